The summed E-state index contributed by atoms with van der Waals surface area (Å²) in [4.78, 5) is 15.3. The molecule has 0 aromatic carbocycles. The lowest BCUT2D eigenvalue weighted by molar-refractivity contribution is 0.0870. The van der Waals surface area contributed by atoms with Crippen molar-refractivity contribution in [2.75, 3.05) is 25.9 Å². The molecule has 0 bridgehead atoms. The zero-order valence-electron chi connectivity index (χ0n) is 16.0. The predicted octanol–water partition coefficient (Wildman–Crippen LogP) is 2.17. The van der Waals surface area contributed by atoms with Gasteiger partial charge in [-0.2, -0.15) is 5.10 Å². The zero-order valence-corrected chi connectivity index (χ0v) is 16.8. The Morgan fingerprint density at radius 3 is 2.93 bits per heavy atom. The van der Waals surface area contributed by atoms with Crippen molar-refractivity contribution in [3.63, 3.8) is 0 Å². The molecular formula is C18H22N8OS. The second-order valence-electron chi connectivity index (χ2n) is 7.44. The number of aromatic amines is 1. The molecule has 3 aromatic heterocycles. The minimum absolute atomic E-state index is 0.00816. The molecule has 0 spiro atoms. The Hall–Kier alpha value is -2.77. The number of H-pyrrole nitrogens is 1. The molecule has 9 nitrogen and oxygen atoms in total. The smallest absolute Gasteiger partial charge is 0.242 e. The van der Waals surface area contributed by atoms with Crippen LogP contribution in [0.3, 0.4) is 0 Å². The average molecular weight is 398 g/mol. The van der Waals surface area contributed by atoms with E-state index in [9.17, 15) is 4.21 Å². The molecule has 1 saturated heterocycles. The maximum absolute atomic E-state index is 12.9. The molecule has 0 saturated carbocycles. The summed E-state index contributed by atoms with van der Waals surface area (Å²) < 4.78 is 20.9. The number of fused-ring (bicyclic) bond motifs is 1. The topological polar surface area (TPSA) is 96.4 Å². The Morgan fingerprint density at radius 1 is 1.43 bits per heavy atom. The SMILES string of the molecule is [C-]#[N+]CC1(n2cc(-c3ncnc4[nH]ccc34)cn2)CN([S@@](C)(=O)=NC(C)C)C1. The van der Waals surface area contributed by atoms with Crippen LogP contribution in [0.25, 0.3) is 27.1 Å². The second kappa shape index (κ2) is 6.68. The fraction of sp³-hybridized carbons (Fsp3) is 0.444. The highest BCUT2D eigenvalue weighted by Gasteiger charge is 2.51. The predicted molar refractivity (Wildman–Crippen MR) is 108 cm³/mol. The highest BCUT2D eigenvalue weighted by molar-refractivity contribution is 7.90. The molecule has 0 amide bonds. The molecule has 1 aliphatic rings. The molecule has 0 unspecified atom stereocenters. The molecule has 4 heterocycles. The first-order valence-corrected chi connectivity index (χ1v) is 10.9. The largest absolute Gasteiger partial charge is 0.346 e. The van der Waals surface area contributed by atoms with E-state index in [0.717, 1.165) is 22.3 Å². The van der Waals surface area contributed by atoms with E-state index in [1.165, 1.54) is 6.33 Å². The molecule has 4 rings (SSSR count). The van der Waals surface area contributed by atoms with Crippen LogP contribution < -0.4 is 0 Å². The molecule has 1 atom stereocenters. The quantitative estimate of drug-likeness (QED) is 0.666. The maximum Gasteiger partial charge on any atom is 0.242 e. The molecule has 28 heavy (non-hydrogen) atoms. The number of nitrogens with one attached hydrogen (secondary N) is 1. The summed E-state index contributed by atoms with van der Waals surface area (Å²) in [5, 5.41) is 5.45. The fourth-order valence-corrected chi connectivity index (χ4v) is 5.45. The molecule has 1 fully saturated rings. The Kier molecular flexibility index (Phi) is 4.44. The van der Waals surface area contributed by atoms with Crippen LogP contribution in [-0.4, -0.2) is 65.2 Å². The molecular weight excluding hydrogens is 376 g/mol. The van der Waals surface area contributed by atoms with Crippen molar-refractivity contribution >= 4 is 20.9 Å². The van der Waals surface area contributed by atoms with Crippen LogP contribution in [0.4, 0.5) is 0 Å². The molecule has 0 radical (unpaired) electrons. The lowest BCUT2D eigenvalue weighted by atomic mass is 9.92. The van der Waals surface area contributed by atoms with Crippen LogP contribution in [0.15, 0.2) is 35.3 Å². The lowest BCUT2D eigenvalue weighted by Crippen LogP contribution is -2.65. The van der Waals surface area contributed by atoms with Crippen LogP contribution in [0, 0.1) is 6.57 Å². The standard InChI is InChI=1S/C18H22N8OS/c1-13(2)24-28(4,27)25-10-18(11-25,9-19-3)26-8-14(7-23-26)16-15-5-6-20-17(15)22-12-21-16/h5-8,12-13H,9-11H2,1-2,4H3,(H,20,21,22)/t28-/m0/s1. The summed E-state index contributed by atoms with van der Waals surface area (Å²) >= 11 is 0. The van der Waals surface area contributed by atoms with Crippen molar-refractivity contribution in [2.24, 2.45) is 4.36 Å². The number of hydrogen-bond acceptors (Lipinski definition) is 5. The van der Waals surface area contributed by atoms with Crippen molar-refractivity contribution in [3.05, 3.63) is 42.4 Å². The van der Waals surface area contributed by atoms with Crippen LogP contribution >= 0.6 is 0 Å². The third-order valence-corrected chi connectivity index (χ3v) is 6.93. The van der Waals surface area contributed by atoms with Gasteiger partial charge in [-0.3, -0.25) is 4.68 Å². The van der Waals surface area contributed by atoms with Crippen LogP contribution in [0.2, 0.25) is 0 Å². The van der Waals surface area contributed by atoms with Gasteiger partial charge in [0.15, 0.2) is 5.54 Å². The van der Waals surface area contributed by atoms with Gasteiger partial charge in [0.1, 0.15) is 21.9 Å². The van der Waals surface area contributed by atoms with Crippen molar-refractivity contribution in [1.29, 1.82) is 0 Å². The van der Waals surface area contributed by atoms with Crippen molar-refractivity contribution in [1.82, 2.24) is 29.0 Å². The highest BCUT2D eigenvalue weighted by atomic mass is 32.2. The average Bonchev–Trinajstić information content (AvgIpc) is 3.25. The van der Waals surface area contributed by atoms with Gasteiger partial charge in [-0.1, -0.05) is 0 Å². The van der Waals surface area contributed by atoms with Crippen LogP contribution in [0.1, 0.15) is 13.8 Å². The lowest BCUT2D eigenvalue weighted by Gasteiger charge is -2.46. The summed E-state index contributed by atoms with van der Waals surface area (Å²) in [6, 6.07) is 1.92. The first-order valence-electron chi connectivity index (χ1n) is 8.98. The highest BCUT2D eigenvalue weighted by Crippen LogP contribution is 2.34. The molecule has 1 N–H and O–H groups in total. The summed E-state index contributed by atoms with van der Waals surface area (Å²) in [5.74, 6) is 0. The van der Waals surface area contributed by atoms with Crippen molar-refractivity contribution in [3.8, 4) is 11.3 Å². The first-order chi connectivity index (χ1) is 13.3. The van der Waals surface area contributed by atoms with E-state index in [1.807, 2.05) is 41.3 Å². The zero-order chi connectivity index (χ0) is 19.9. The Balaban J connectivity index is 1.66. The third-order valence-electron chi connectivity index (χ3n) is 4.90. The molecule has 146 valence electrons. The van der Waals surface area contributed by atoms with E-state index in [1.54, 1.807) is 12.5 Å². The van der Waals surface area contributed by atoms with Crippen molar-refractivity contribution < 1.29 is 4.21 Å². The van der Waals surface area contributed by atoms with E-state index in [0.29, 0.717) is 13.1 Å². The second-order valence-corrected chi connectivity index (χ2v) is 9.69. The number of nitrogens with zero attached hydrogens (tertiary/aromatic N) is 7. The van der Waals surface area contributed by atoms with Crippen LogP contribution in [-0.2, 0) is 15.5 Å². The van der Waals surface area contributed by atoms with Gasteiger partial charge in [0.05, 0.1) is 17.9 Å². The third kappa shape index (κ3) is 3.06. The van der Waals surface area contributed by atoms with E-state index >= 15 is 0 Å². The van der Waals surface area contributed by atoms with Gasteiger partial charge in [0.2, 0.25) is 6.54 Å². The summed E-state index contributed by atoms with van der Waals surface area (Å²) in [6.45, 7) is 12.4. The summed E-state index contributed by atoms with van der Waals surface area (Å²) in [6.07, 6.45) is 8.67. The summed E-state index contributed by atoms with van der Waals surface area (Å²) in [7, 11) is -2.45. The van der Waals surface area contributed by atoms with E-state index in [4.69, 9.17) is 6.57 Å². The summed E-state index contributed by atoms with van der Waals surface area (Å²) in [5.41, 5.74) is 1.92. The normalized spacial score (nSPS) is 18.5. The maximum atomic E-state index is 12.9. The van der Waals surface area contributed by atoms with Crippen LogP contribution in [0.5, 0.6) is 0 Å². The molecule has 10 heteroatoms. The minimum atomic E-state index is -2.45. The number of hydrogen-bond donors (Lipinski definition) is 1. The molecule has 0 aliphatic carbocycles. The van der Waals surface area contributed by atoms with Gasteiger partial charge in [-0.05, 0) is 19.9 Å². The van der Waals surface area contributed by atoms with Gasteiger partial charge < -0.3 is 9.83 Å². The van der Waals surface area contributed by atoms with E-state index < -0.39 is 15.5 Å². The molecule has 3 aromatic rings. The van der Waals surface area contributed by atoms with Gasteiger partial charge in [0, 0.05) is 42.7 Å². The van der Waals surface area contributed by atoms with E-state index in [-0.39, 0.29) is 12.6 Å². The monoisotopic (exact) mass is 398 g/mol. The number of aromatic nitrogens is 5. The Labute approximate surface area is 163 Å². The first kappa shape index (κ1) is 18.6. The van der Waals surface area contributed by atoms with Gasteiger partial charge >= 0.3 is 0 Å². The minimum Gasteiger partial charge on any atom is -0.346 e. The fourth-order valence-electron chi connectivity index (χ4n) is 3.58. The van der Waals surface area contributed by atoms with Gasteiger partial charge in [0.25, 0.3) is 0 Å². The van der Waals surface area contributed by atoms with Gasteiger partial charge in [-0.25, -0.2) is 29.4 Å². The Bertz CT molecular complexity index is 1170. The number of rotatable bonds is 5. The molecule has 1 aliphatic heterocycles. The van der Waals surface area contributed by atoms with E-state index in [2.05, 4.69) is 29.3 Å². The Morgan fingerprint density at radius 2 is 2.21 bits per heavy atom. The van der Waals surface area contributed by atoms with Gasteiger partial charge in [-0.15, -0.1) is 0 Å². The van der Waals surface area contributed by atoms with Crippen molar-refractivity contribution in [2.45, 2.75) is 25.4 Å².